The first kappa shape index (κ1) is 35.0. The Morgan fingerprint density at radius 1 is 1.04 bits per heavy atom. The predicted octanol–water partition coefficient (Wildman–Crippen LogP) is 2.71. The van der Waals surface area contributed by atoms with E-state index in [2.05, 4.69) is 16.2 Å². The molecule has 0 bridgehead atoms. The lowest BCUT2D eigenvalue weighted by Crippen LogP contribution is -2.39. The number of fused-ring (bicyclic) bond motifs is 1. The highest BCUT2D eigenvalue weighted by molar-refractivity contribution is 7.90. The summed E-state index contributed by atoms with van der Waals surface area (Å²) in [4.78, 5) is 69.4. The number of sulfone groups is 1. The summed E-state index contributed by atoms with van der Waals surface area (Å²) in [5.41, 5.74) is 2.11. The Balaban J connectivity index is 0.000000176. The number of carbonyl (C=O) groups excluding carboxylic acids is 4. The van der Waals surface area contributed by atoms with Crippen LogP contribution >= 0.6 is 0 Å². The highest BCUT2D eigenvalue weighted by Crippen LogP contribution is 2.41. The molecule has 264 valence electrons. The Morgan fingerprint density at radius 2 is 1.73 bits per heavy atom. The summed E-state index contributed by atoms with van der Waals surface area (Å²) in [5.74, 6) is -0.0663. The molecule has 3 aromatic rings. The smallest absolute Gasteiger partial charge is 0.277 e. The lowest BCUT2D eigenvalue weighted by molar-refractivity contribution is -0.121. The molecule has 0 saturated heterocycles. The highest BCUT2D eigenvalue weighted by atomic mass is 32.2. The minimum absolute atomic E-state index is 0.00623. The van der Waals surface area contributed by atoms with Crippen molar-refractivity contribution in [1.29, 1.82) is 0 Å². The second-order valence-corrected chi connectivity index (χ2v) is 14.2. The molecule has 0 atom stereocenters. The van der Waals surface area contributed by atoms with Crippen molar-refractivity contribution < 1.29 is 41.6 Å². The van der Waals surface area contributed by atoms with Crippen LogP contribution < -0.4 is 20.1 Å². The van der Waals surface area contributed by atoms with Crippen molar-refractivity contribution in [3.8, 4) is 18.1 Å². The Hall–Kier alpha value is -5.82. The number of hydrogen-bond donors (Lipinski definition) is 1. The van der Waals surface area contributed by atoms with Gasteiger partial charge in [0.25, 0.3) is 23.3 Å². The van der Waals surface area contributed by atoms with Crippen molar-refractivity contribution in [2.24, 2.45) is 12.2 Å². The molecule has 0 saturated carbocycles. The van der Waals surface area contributed by atoms with Gasteiger partial charge >= 0.3 is 0 Å². The van der Waals surface area contributed by atoms with Gasteiger partial charge in [0.1, 0.15) is 17.9 Å². The minimum atomic E-state index is -3.52. The predicted molar refractivity (Wildman–Crippen MR) is 182 cm³/mol. The molecular weight excluding hydrogens is 685 g/mol. The number of ether oxygens (including phenoxy) is 1. The number of aromatic nitrogens is 2. The number of hydrogen-bond acceptors (Lipinski definition) is 10. The molecule has 0 radical (unpaired) electrons. The molecule has 4 heterocycles. The molecule has 0 spiro atoms. The van der Waals surface area contributed by atoms with Crippen LogP contribution in [0.25, 0.3) is 0 Å². The summed E-state index contributed by atoms with van der Waals surface area (Å²) < 4.78 is 45.4. The number of halogens is 1. The van der Waals surface area contributed by atoms with Gasteiger partial charge in [-0.25, -0.2) is 17.7 Å². The van der Waals surface area contributed by atoms with E-state index in [0.29, 0.717) is 53.9 Å². The summed E-state index contributed by atoms with van der Waals surface area (Å²) in [7, 11) is -2.02. The molecule has 1 aliphatic carbocycles. The Bertz CT molecular complexity index is 2280. The normalized spacial score (nSPS) is 16.8. The minimum Gasteiger partial charge on any atom is -0.481 e. The maximum atomic E-state index is 14.7. The highest BCUT2D eigenvalue weighted by Gasteiger charge is 2.42. The first-order valence-electron chi connectivity index (χ1n) is 15.9. The Labute approximate surface area is 291 Å². The number of nitrogens with one attached hydrogen (secondary N) is 1. The van der Waals surface area contributed by atoms with Gasteiger partial charge in [0.05, 0.1) is 28.5 Å². The zero-order chi connectivity index (χ0) is 36.8. The van der Waals surface area contributed by atoms with Crippen LogP contribution in [0.1, 0.15) is 59.2 Å². The van der Waals surface area contributed by atoms with Gasteiger partial charge in [-0.3, -0.25) is 33.6 Å². The standard InChI is InChI=1S/C19H15FN2O4.C16H17N3O5S/c1-2-7-21-15-9-14(13(20)8-16(15)26-10-17(21)23)22-18(24)11-5-3-4-6-12(11)19(22)25;1-9-10(15(20)11-8-17-19(2)16(11)21)4-5-13(25(3,22)23)14(9)12-6-7-24-18-12/h1,8-9H,3-7,10H2;4-5,8,17H,6-7H2,1-3H3. The quantitative estimate of drug-likeness (QED) is 0.228. The first-order valence-corrected chi connectivity index (χ1v) is 17.8. The molecule has 1 N–H and O–H groups in total. The molecule has 51 heavy (non-hydrogen) atoms. The van der Waals surface area contributed by atoms with E-state index in [1.165, 1.54) is 41.0 Å². The molecular formula is C35H32FN5O9S. The molecule has 4 aliphatic rings. The van der Waals surface area contributed by atoms with Gasteiger partial charge in [0, 0.05) is 54.3 Å². The van der Waals surface area contributed by atoms with E-state index < -0.39 is 38.8 Å². The van der Waals surface area contributed by atoms with Crippen LogP contribution in [-0.2, 0) is 36.1 Å². The number of terminal acetylenes is 1. The average Bonchev–Trinajstić information content (AvgIpc) is 3.81. The van der Waals surface area contributed by atoms with Crippen LogP contribution in [0.3, 0.4) is 0 Å². The largest absolute Gasteiger partial charge is 0.481 e. The maximum Gasteiger partial charge on any atom is 0.277 e. The van der Waals surface area contributed by atoms with Crippen LogP contribution in [0, 0.1) is 25.1 Å². The summed E-state index contributed by atoms with van der Waals surface area (Å²) >= 11 is 0. The fourth-order valence-corrected chi connectivity index (χ4v) is 7.41. The summed E-state index contributed by atoms with van der Waals surface area (Å²) in [5, 5.41) is 6.56. The number of aromatic amines is 1. The van der Waals surface area contributed by atoms with Crippen molar-refractivity contribution in [2.45, 2.75) is 43.9 Å². The number of nitrogens with zero attached hydrogens (tertiary/aromatic N) is 4. The molecule has 14 nitrogen and oxygen atoms in total. The number of aryl methyl sites for hydroxylation is 1. The number of oxime groups is 1. The summed E-state index contributed by atoms with van der Waals surface area (Å²) in [6, 6.07) is 5.18. The van der Waals surface area contributed by atoms with Crippen LogP contribution in [0.2, 0.25) is 0 Å². The van der Waals surface area contributed by atoms with Gasteiger partial charge in [0.2, 0.25) is 0 Å². The molecule has 0 fully saturated rings. The first-order chi connectivity index (χ1) is 24.2. The van der Waals surface area contributed by atoms with E-state index in [9.17, 15) is 36.8 Å². The SMILES string of the molecule is C#CCN1C(=O)COc2cc(F)c(N3C(=O)C4=C(CCCC4)C3=O)cc21.Cc1c(C(=O)c2c[nH]n(C)c2=O)ccc(S(C)(=O)=O)c1C1=NOCC1. The second-order valence-electron chi connectivity index (χ2n) is 12.2. The molecule has 3 amide bonds. The number of carbonyl (C=O) groups is 4. The Morgan fingerprint density at radius 3 is 2.29 bits per heavy atom. The van der Waals surface area contributed by atoms with Gasteiger partial charge < -0.3 is 14.7 Å². The van der Waals surface area contributed by atoms with Gasteiger partial charge in [-0.05, 0) is 56.4 Å². The van der Waals surface area contributed by atoms with Crippen molar-refractivity contribution in [1.82, 2.24) is 9.78 Å². The van der Waals surface area contributed by atoms with Crippen LogP contribution in [0.15, 0.2) is 56.5 Å². The monoisotopic (exact) mass is 717 g/mol. The summed E-state index contributed by atoms with van der Waals surface area (Å²) in [6.45, 7) is 1.74. The van der Waals surface area contributed by atoms with Gasteiger partial charge in [-0.15, -0.1) is 6.42 Å². The van der Waals surface area contributed by atoms with Crippen molar-refractivity contribution in [3.63, 3.8) is 0 Å². The molecule has 3 aliphatic heterocycles. The van der Waals surface area contributed by atoms with E-state index in [4.69, 9.17) is 16.0 Å². The zero-order valence-corrected chi connectivity index (χ0v) is 28.7. The topological polar surface area (TPSA) is 178 Å². The fourth-order valence-electron chi connectivity index (χ4n) is 6.46. The summed E-state index contributed by atoms with van der Waals surface area (Å²) in [6.07, 6.45) is 10.9. The molecule has 1 aromatic heterocycles. The zero-order valence-electron chi connectivity index (χ0n) is 27.9. The van der Waals surface area contributed by atoms with Crippen LogP contribution in [-0.4, -0.2) is 73.4 Å². The number of ketones is 1. The molecule has 7 rings (SSSR count). The number of anilines is 2. The maximum absolute atomic E-state index is 14.7. The van der Waals surface area contributed by atoms with Crippen molar-refractivity contribution in [3.05, 3.63) is 80.0 Å². The number of H-pyrrole nitrogens is 1. The number of amides is 3. The Kier molecular flexibility index (Phi) is 9.25. The van der Waals surface area contributed by atoms with Crippen LogP contribution in [0.5, 0.6) is 5.75 Å². The van der Waals surface area contributed by atoms with E-state index in [-0.39, 0.29) is 52.2 Å². The fraction of sp³-hybridized carbons (Fsp3) is 0.314. The number of imide groups is 1. The molecule has 2 aromatic carbocycles. The van der Waals surface area contributed by atoms with Crippen LogP contribution in [0.4, 0.5) is 15.8 Å². The third-order valence-electron chi connectivity index (χ3n) is 9.00. The lowest BCUT2D eigenvalue weighted by atomic mass is 9.93. The lowest BCUT2D eigenvalue weighted by Gasteiger charge is -2.29. The molecule has 16 heteroatoms. The third-order valence-corrected chi connectivity index (χ3v) is 10.1. The van der Waals surface area contributed by atoms with Gasteiger partial charge in [0.15, 0.2) is 28.0 Å². The van der Waals surface area contributed by atoms with E-state index in [0.717, 1.165) is 30.1 Å². The van der Waals surface area contributed by atoms with E-state index in [1.807, 2.05) is 0 Å². The van der Waals surface area contributed by atoms with Gasteiger partial charge in [-0.1, -0.05) is 11.1 Å². The van der Waals surface area contributed by atoms with E-state index >= 15 is 0 Å². The molecule has 0 unspecified atom stereocenters. The van der Waals surface area contributed by atoms with Crippen molar-refractivity contribution >= 4 is 50.4 Å². The number of benzene rings is 2. The average molecular weight is 718 g/mol. The van der Waals surface area contributed by atoms with Crippen molar-refractivity contribution in [2.75, 3.05) is 35.8 Å². The third kappa shape index (κ3) is 6.25. The van der Waals surface area contributed by atoms with Gasteiger partial charge in [-0.2, -0.15) is 0 Å². The van der Waals surface area contributed by atoms with E-state index in [1.54, 1.807) is 6.92 Å². The number of rotatable bonds is 6. The second kappa shape index (κ2) is 13.5.